The fourth-order valence-corrected chi connectivity index (χ4v) is 2.30. The highest BCUT2D eigenvalue weighted by atomic mass is 15.5. The lowest BCUT2D eigenvalue weighted by Crippen LogP contribution is -2.21. The van der Waals surface area contributed by atoms with Crippen molar-refractivity contribution in [3.05, 3.63) is 48.3 Å². The lowest BCUT2D eigenvalue weighted by Gasteiger charge is -2.08. The largest absolute Gasteiger partial charge is 0.310 e. The van der Waals surface area contributed by atoms with E-state index in [0.717, 1.165) is 18.1 Å². The van der Waals surface area contributed by atoms with Crippen molar-refractivity contribution in [2.24, 2.45) is 5.92 Å². The lowest BCUT2D eigenvalue weighted by atomic mass is 10.1. The zero-order valence-electron chi connectivity index (χ0n) is 12.3. The van der Waals surface area contributed by atoms with Crippen LogP contribution in [0.5, 0.6) is 0 Å². The summed E-state index contributed by atoms with van der Waals surface area (Å²) in [7, 11) is 0. The van der Waals surface area contributed by atoms with E-state index in [-0.39, 0.29) is 0 Å². The Labute approximate surface area is 124 Å². The van der Waals surface area contributed by atoms with E-state index in [0.29, 0.717) is 12.5 Å². The highest BCUT2D eigenvalue weighted by molar-refractivity contribution is 5.84. The van der Waals surface area contributed by atoms with Gasteiger partial charge in [0.2, 0.25) is 0 Å². The molecule has 0 spiro atoms. The summed E-state index contributed by atoms with van der Waals surface area (Å²) in [5.41, 5.74) is 0.986. The van der Waals surface area contributed by atoms with E-state index in [4.69, 9.17) is 0 Å². The first-order valence-electron chi connectivity index (χ1n) is 7.21. The fourth-order valence-electron chi connectivity index (χ4n) is 2.30. The van der Waals surface area contributed by atoms with Crippen molar-refractivity contribution in [1.29, 1.82) is 0 Å². The summed E-state index contributed by atoms with van der Waals surface area (Å²) in [6, 6.07) is 14.5. The Kier molecular flexibility index (Phi) is 3.92. The second-order valence-electron chi connectivity index (χ2n) is 5.56. The number of rotatable bonds is 5. The molecule has 0 aliphatic heterocycles. The molecule has 3 rings (SSSR count). The molecule has 5 heteroatoms. The van der Waals surface area contributed by atoms with Crippen LogP contribution in [0.15, 0.2) is 42.5 Å². The summed E-state index contributed by atoms with van der Waals surface area (Å²) in [6.45, 7) is 5.97. The summed E-state index contributed by atoms with van der Waals surface area (Å²) >= 11 is 0. The van der Waals surface area contributed by atoms with Gasteiger partial charge in [0.05, 0.1) is 12.2 Å². The van der Waals surface area contributed by atoms with Crippen molar-refractivity contribution in [3.8, 4) is 5.69 Å². The van der Waals surface area contributed by atoms with Gasteiger partial charge in [0.25, 0.3) is 0 Å². The average Bonchev–Trinajstić information content (AvgIpc) is 2.95. The maximum atomic E-state index is 4.11. The van der Waals surface area contributed by atoms with Crippen LogP contribution in [0.25, 0.3) is 16.5 Å². The SMILES string of the molecule is CC(C)CNCc1nnnn1-c1ccc2ccccc2c1. The summed E-state index contributed by atoms with van der Waals surface area (Å²) < 4.78 is 1.79. The van der Waals surface area contributed by atoms with Gasteiger partial charge in [-0.3, -0.25) is 0 Å². The molecule has 1 N–H and O–H groups in total. The standard InChI is InChI=1S/C16H19N5/c1-12(2)10-17-11-16-18-19-20-21(16)15-8-7-13-5-3-4-6-14(13)9-15/h3-9,12,17H,10-11H2,1-2H3. The van der Waals surface area contributed by atoms with Gasteiger partial charge in [-0.1, -0.05) is 44.2 Å². The van der Waals surface area contributed by atoms with Crippen molar-refractivity contribution in [2.75, 3.05) is 6.54 Å². The molecule has 1 heterocycles. The van der Waals surface area contributed by atoms with Crippen LogP contribution in [-0.2, 0) is 6.54 Å². The number of hydrogen-bond donors (Lipinski definition) is 1. The van der Waals surface area contributed by atoms with E-state index < -0.39 is 0 Å². The molecule has 3 aromatic rings. The number of nitrogens with one attached hydrogen (secondary N) is 1. The van der Waals surface area contributed by atoms with Gasteiger partial charge in [-0.15, -0.1) is 5.10 Å². The van der Waals surface area contributed by atoms with Crippen molar-refractivity contribution >= 4 is 10.8 Å². The number of fused-ring (bicyclic) bond motifs is 1. The number of tetrazole rings is 1. The molecule has 1 aromatic heterocycles. The monoisotopic (exact) mass is 281 g/mol. The van der Waals surface area contributed by atoms with Gasteiger partial charge in [0.15, 0.2) is 5.82 Å². The summed E-state index contributed by atoms with van der Waals surface area (Å²) in [4.78, 5) is 0. The predicted octanol–water partition coefficient (Wildman–Crippen LogP) is 2.56. The van der Waals surface area contributed by atoms with Gasteiger partial charge >= 0.3 is 0 Å². The van der Waals surface area contributed by atoms with Crippen molar-refractivity contribution < 1.29 is 0 Å². The normalized spacial score (nSPS) is 11.4. The molecule has 0 aliphatic rings. The Bertz CT molecular complexity index is 732. The molecule has 0 amide bonds. The van der Waals surface area contributed by atoms with E-state index >= 15 is 0 Å². The molecule has 0 aliphatic carbocycles. The van der Waals surface area contributed by atoms with Crippen LogP contribution >= 0.6 is 0 Å². The number of benzene rings is 2. The molecular formula is C16H19N5. The summed E-state index contributed by atoms with van der Waals surface area (Å²) in [5.74, 6) is 1.43. The van der Waals surface area contributed by atoms with Gasteiger partial charge < -0.3 is 5.32 Å². The third-order valence-electron chi connectivity index (χ3n) is 3.35. The van der Waals surface area contributed by atoms with Crippen LogP contribution in [-0.4, -0.2) is 26.8 Å². The van der Waals surface area contributed by atoms with Gasteiger partial charge in [-0.2, -0.15) is 4.68 Å². The van der Waals surface area contributed by atoms with E-state index in [1.54, 1.807) is 4.68 Å². The minimum Gasteiger partial charge on any atom is -0.310 e. The van der Waals surface area contributed by atoms with Gasteiger partial charge in [0.1, 0.15) is 0 Å². The maximum Gasteiger partial charge on any atom is 0.170 e. The van der Waals surface area contributed by atoms with Crippen LogP contribution in [0.2, 0.25) is 0 Å². The minimum absolute atomic E-state index is 0.606. The first-order chi connectivity index (χ1) is 10.2. The number of aromatic nitrogens is 4. The molecule has 0 radical (unpaired) electrons. The molecule has 108 valence electrons. The zero-order valence-corrected chi connectivity index (χ0v) is 12.3. The Balaban J connectivity index is 1.86. The highest BCUT2D eigenvalue weighted by Gasteiger charge is 2.08. The van der Waals surface area contributed by atoms with Gasteiger partial charge in [0, 0.05) is 0 Å². The molecule has 0 saturated heterocycles. The Morgan fingerprint density at radius 2 is 1.90 bits per heavy atom. The van der Waals surface area contributed by atoms with Gasteiger partial charge in [-0.05, 0) is 45.8 Å². The maximum absolute atomic E-state index is 4.11. The quantitative estimate of drug-likeness (QED) is 0.781. The van der Waals surface area contributed by atoms with Crippen LogP contribution in [0, 0.1) is 5.92 Å². The fraction of sp³-hybridized carbons (Fsp3) is 0.312. The van der Waals surface area contributed by atoms with Gasteiger partial charge in [-0.25, -0.2) is 0 Å². The van der Waals surface area contributed by atoms with Crippen LogP contribution in [0.4, 0.5) is 0 Å². The molecule has 0 bridgehead atoms. The second-order valence-corrected chi connectivity index (χ2v) is 5.56. The third kappa shape index (κ3) is 3.08. The highest BCUT2D eigenvalue weighted by Crippen LogP contribution is 2.18. The lowest BCUT2D eigenvalue weighted by molar-refractivity contribution is 0.538. The molecule has 0 saturated carbocycles. The minimum atomic E-state index is 0.606. The van der Waals surface area contributed by atoms with Crippen molar-refractivity contribution in [1.82, 2.24) is 25.5 Å². The molecule has 0 fully saturated rings. The molecule has 5 nitrogen and oxygen atoms in total. The number of nitrogens with zero attached hydrogens (tertiary/aromatic N) is 4. The van der Waals surface area contributed by atoms with Crippen LogP contribution in [0.1, 0.15) is 19.7 Å². The van der Waals surface area contributed by atoms with E-state index in [1.807, 2.05) is 18.2 Å². The van der Waals surface area contributed by atoms with Crippen molar-refractivity contribution in [3.63, 3.8) is 0 Å². The Morgan fingerprint density at radius 3 is 2.71 bits per heavy atom. The van der Waals surface area contributed by atoms with Crippen LogP contribution in [0.3, 0.4) is 0 Å². The molecule has 0 unspecified atom stereocenters. The number of hydrogen-bond acceptors (Lipinski definition) is 4. The first-order valence-corrected chi connectivity index (χ1v) is 7.21. The average molecular weight is 281 g/mol. The molecule has 21 heavy (non-hydrogen) atoms. The predicted molar refractivity (Wildman–Crippen MR) is 83.2 cm³/mol. The summed E-state index contributed by atoms with van der Waals surface area (Å²) in [5, 5.41) is 17.8. The summed E-state index contributed by atoms with van der Waals surface area (Å²) in [6.07, 6.45) is 0. The van der Waals surface area contributed by atoms with E-state index in [1.165, 1.54) is 10.8 Å². The Hall–Kier alpha value is -2.27. The molecular weight excluding hydrogens is 262 g/mol. The van der Waals surface area contributed by atoms with Crippen molar-refractivity contribution in [2.45, 2.75) is 20.4 Å². The zero-order chi connectivity index (χ0) is 14.7. The van der Waals surface area contributed by atoms with E-state index in [9.17, 15) is 0 Å². The molecule has 2 aromatic carbocycles. The molecule has 0 atom stereocenters. The third-order valence-corrected chi connectivity index (χ3v) is 3.35. The smallest absolute Gasteiger partial charge is 0.170 e. The Morgan fingerprint density at radius 1 is 1.10 bits per heavy atom. The van der Waals surface area contributed by atoms with Crippen LogP contribution < -0.4 is 5.32 Å². The van der Waals surface area contributed by atoms with E-state index in [2.05, 4.69) is 59.0 Å². The first kappa shape index (κ1) is 13.7. The topological polar surface area (TPSA) is 55.6 Å². The second kappa shape index (κ2) is 6.01.